The van der Waals surface area contributed by atoms with Crippen molar-refractivity contribution < 1.29 is 9.53 Å². The molecule has 0 heterocycles. The molecule has 0 saturated carbocycles. The summed E-state index contributed by atoms with van der Waals surface area (Å²) >= 11 is 3.47. The number of ether oxygens (including phenoxy) is 1. The van der Waals surface area contributed by atoms with Crippen LogP contribution in [0, 0.1) is 0 Å². The van der Waals surface area contributed by atoms with Crippen molar-refractivity contribution in [3.05, 3.63) is 28.2 Å². The Hall–Kier alpha value is -1.07. The Balaban J connectivity index is 2.53. The van der Waals surface area contributed by atoms with Crippen molar-refractivity contribution in [2.24, 2.45) is 5.73 Å². The van der Waals surface area contributed by atoms with Crippen LogP contribution >= 0.6 is 15.9 Å². The molecule has 1 amide bonds. The summed E-state index contributed by atoms with van der Waals surface area (Å²) in [5, 5.41) is 2.95. The van der Waals surface area contributed by atoms with Gasteiger partial charge < -0.3 is 15.8 Å². The summed E-state index contributed by atoms with van der Waals surface area (Å²) in [6.07, 6.45) is 2.67. The summed E-state index contributed by atoms with van der Waals surface area (Å²) in [5.74, 6) is 0.582. The van der Waals surface area contributed by atoms with E-state index in [1.54, 1.807) is 0 Å². The molecule has 4 nitrogen and oxygen atoms in total. The fraction of sp³-hybridized carbons (Fsp3) is 0.562. The van der Waals surface area contributed by atoms with Gasteiger partial charge in [0.2, 0.25) is 0 Å². The predicted molar refractivity (Wildman–Crippen MR) is 89.5 cm³/mol. The molecule has 1 atom stereocenters. The molecule has 0 saturated heterocycles. The molecular formula is C16H25BrN2O2. The first-order valence-electron chi connectivity index (χ1n) is 7.42. The Bertz CT molecular complexity index is 460. The Morgan fingerprint density at radius 3 is 2.57 bits per heavy atom. The molecule has 21 heavy (non-hydrogen) atoms. The van der Waals surface area contributed by atoms with Crippen LogP contribution in [0.2, 0.25) is 0 Å². The molecule has 0 aliphatic carbocycles. The van der Waals surface area contributed by atoms with Crippen LogP contribution in [0.1, 0.15) is 39.2 Å². The maximum atomic E-state index is 11.8. The number of nitrogens with two attached hydrogens (primary N) is 1. The summed E-state index contributed by atoms with van der Waals surface area (Å²) < 4.78 is 6.40. The number of hydrogen-bond donors (Lipinski definition) is 2. The lowest BCUT2D eigenvalue weighted by molar-refractivity contribution is -0.123. The molecule has 0 bridgehead atoms. The first kappa shape index (κ1) is 18.0. The van der Waals surface area contributed by atoms with Gasteiger partial charge in [-0.15, -0.1) is 0 Å². The van der Waals surface area contributed by atoms with E-state index < -0.39 is 0 Å². The molecule has 1 aromatic rings. The minimum absolute atomic E-state index is 0.0295. The summed E-state index contributed by atoms with van der Waals surface area (Å²) in [6, 6.07) is 6.17. The van der Waals surface area contributed by atoms with Crippen LogP contribution in [0.15, 0.2) is 22.7 Å². The van der Waals surface area contributed by atoms with Gasteiger partial charge in [0.25, 0.3) is 5.91 Å². The normalized spacial score (nSPS) is 12.3. The minimum Gasteiger partial charge on any atom is -0.483 e. The van der Waals surface area contributed by atoms with Gasteiger partial charge in [-0.05, 0) is 59.8 Å². The summed E-state index contributed by atoms with van der Waals surface area (Å²) in [7, 11) is 0. The van der Waals surface area contributed by atoms with E-state index in [1.807, 2.05) is 25.1 Å². The maximum Gasteiger partial charge on any atom is 0.258 e. The summed E-state index contributed by atoms with van der Waals surface area (Å²) in [4.78, 5) is 11.8. The number of halogens is 1. The number of amides is 1. The maximum absolute atomic E-state index is 11.8. The Morgan fingerprint density at radius 1 is 1.38 bits per heavy atom. The fourth-order valence-corrected chi connectivity index (χ4v) is 2.61. The van der Waals surface area contributed by atoms with Gasteiger partial charge >= 0.3 is 0 Å². The highest BCUT2D eigenvalue weighted by Gasteiger charge is 2.10. The lowest BCUT2D eigenvalue weighted by atomic mass is 10.1. The molecule has 0 aliphatic rings. The number of nitrogens with one attached hydrogen (secondary N) is 1. The highest BCUT2D eigenvalue weighted by molar-refractivity contribution is 9.10. The van der Waals surface area contributed by atoms with Gasteiger partial charge in [0.15, 0.2) is 6.61 Å². The Morgan fingerprint density at radius 2 is 2.05 bits per heavy atom. The third kappa shape index (κ3) is 6.48. The van der Waals surface area contributed by atoms with Crippen LogP contribution in [0.25, 0.3) is 0 Å². The zero-order valence-electron chi connectivity index (χ0n) is 13.0. The molecule has 1 aromatic carbocycles. The molecule has 0 spiro atoms. The third-order valence-corrected chi connectivity index (χ3v) is 3.88. The number of rotatable bonds is 8. The molecular weight excluding hydrogens is 332 g/mol. The summed E-state index contributed by atoms with van der Waals surface area (Å²) in [6.45, 7) is 6.12. The number of benzene rings is 1. The molecule has 0 fully saturated rings. The minimum atomic E-state index is -0.0877. The molecule has 0 radical (unpaired) electrons. The number of hydrogen-bond acceptors (Lipinski definition) is 3. The van der Waals surface area contributed by atoms with Crippen LogP contribution < -0.4 is 15.8 Å². The van der Waals surface area contributed by atoms with E-state index in [0.717, 1.165) is 29.3 Å². The number of carbonyl (C=O) groups is 1. The van der Waals surface area contributed by atoms with Crippen LogP contribution in [-0.4, -0.2) is 24.6 Å². The van der Waals surface area contributed by atoms with Gasteiger partial charge in [-0.1, -0.05) is 19.9 Å². The SMILES string of the molecule is CCC(CC)NC(=O)COc1ccc(CC(C)N)cc1Br. The van der Waals surface area contributed by atoms with Gasteiger partial charge in [-0.3, -0.25) is 4.79 Å². The predicted octanol–water partition coefficient (Wildman–Crippen LogP) is 3.02. The third-order valence-electron chi connectivity index (χ3n) is 3.26. The van der Waals surface area contributed by atoms with Crippen molar-refractivity contribution >= 4 is 21.8 Å². The van der Waals surface area contributed by atoms with Gasteiger partial charge in [-0.2, -0.15) is 0 Å². The second-order valence-electron chi connectivity index (χ2n) is 5.32. The molecule has 0 aromatic heterocycles. The zero-order valence-corrected chi connectivity index (χ0v) is 14.6. The average molecular weight is 357 g/mol. The van der Waals surface area contributed by atoms with Crippen molar-refractivity contribution in [1.82, 2.24) is 5.32 Å². The monoisotopic (exact) mass is 356 g/mol. The van der Waals surface area contributed by atoms with E-state index in [9.17, 15) is 4.79 Å². The standard InChI is InChI=1S/C16H25BrN2O2/c1-4-13(5-2)19-16(20)10-21-15-7-6-12(8-11(3)18)9-14(15)17/h6-7,9,11,13H,4-5,8,10,18H2,1-3H3,(H,19,20). The Labute approximate surface area is 135 Å². The molecule has 1 rings (SSSR count). The largest absolute Gasteiger partial charge is 0.483 e. The first-order valence-corrected chi connectivity index (χ1v) is 8.21. The van der Waals surface area contributed by atoms with E-state index in [2.05, 4.69) is 35.1 Å². The van der Waals surface area contributed by atoms with Crippen LogP contribution in [0.4, 0.5) is 0 Å². The average Bonchev–Trinajstić information content (AvgIpc) is 2.43. The first-order chi connectivity index (χ1) is 9.96. The lowest BCUT2D eigenvalue weighted by Gasteiger charge is -2.15. The topological polar surface area (TPSA) is 64.3 Å². The van der Waals surface area contributed by atoms with Crippen LogP contribution in [0.3, 0.4) is 0 Å². The van der Waals surface area contributed by atoms with Gasteiger partial charge in [0.05, 0.1) is 4.47 Å². The smallest absolute Gasteiger partial charge is 0.258 e. The van der Waals surface area contributed by atoms with Crippen LogP contribution in [-0.2, 0) is 11.2 Å². The van der Waals surface area contributed by atoms with E-state index in [-0.39, 0.29) is 24.6 Å². The van der Waals surface area contributed by atoms with Crippen molar-refractivity contribution in [2.45, 2.75) is 52.1 Å². The molecule has 3 N–H and O–H groups in total. The number of carbonyl (C=O) groups excluding carboxylic acids is 1. The van der Waals surface area contributed by atoms with Crippen molar-refractivity contribution in [3.8, 4) is 5.75 Å². The van der Waals surface area contributed by atoms with E-state index in [1.165, 1.54) is 0 Å². The highest BCUT2D eigenvalue weighted by Crippen LogP contribution is 2.26. The molecule has 0 aliphatic heterocycles. The van der Waals surface area contributed by atoms with E-state index >= 15 is 0 Å². The van der Waals surface area contributed by atoms with Gasteiger partial charge in [0, 0.05) is 12.1 Å². The van der Waals surface area contributed by atoms with Gasteiger partial charge in [-0.25, -0.2) is 0 Å². The molecule has 118 valence electrons. The molecule has 1 unspecified atom stereocenters. The second-order valence-corrected chi connectivity index (χ2v) is 6.17. The van der Waals surface area contributed by atoms with Crippen molar-refractivity contribution in [3.63, 3.8) is 0 Å². The van der Waals surface area contributed by atoms with Crippen molar-refractivity contribution in [2.75, 3.05) is 6.61 Å². The van der Waals surface area contributed by atoms with E-state index in [4.69, 9.17) is 10.5 Å². The van der Waals surface area contributed by atoms with Crippen molar-refractivity contribution in [1.29, 1.82) is 0 Å². The van der Waals surface area contributed by atoms with E-state index in [0.29, 0.717) is 5.75 Å². The Kier molecular flexibility index (Phi) is 7.75. The quantitative estimate of drug-likeness (QED) is 0.752. The van der Waals surface area contributed by atoms with Gasteiger partial charge in [0.1, 0.15) is 5.75 Å². The molecule has 5 heteroatoms. The second kappa shape index (κ2) is 9.05. The van der Waals surface area contributed by atoms with Crippen LogP contribution in [0.5, 0.6) is 5.75 Å². The zero-order chi connectivity index (χ0) is 15.8. The summed E-state index contributed by atoms with van der Waals surface area (Å²) in [5.41, 5.74) is 6.93. The lowest BCUT2D eigenvalue weighted by Crippen LogP contribution is -2.37. The fourth-order valence-electron chi connectivity index (χ4n) is 2.07. The highest BCUT2D eigenvalue weighted by atomic mass is 79.9.